The van der Waals surface area contributed by atoms with Gasteiger partial charge in [-0.3, -0.25) is 14.1 Å². The minimum Gasteiger partial charge on any atom is -0.351 e. The fourth-order valence-electron chi connectivity index (χ4n) is 4.22. The van der Waals surface area contributed by atoms with E-state index in [4.69, 9.17) is 0 Å². The number of hydrogen-bond acceptors (Lipinski definition) is 5. The third kappa shape index (κ3) is 5.87. The molecule has 0 aliphatic carbocycles. The van der Waals surface area contributed by atoms with Crippen LogP contribution in [0.4, 0.5) is 5.69 Å². The maximum Gasteiger partial charge on any atom is 0.281 e. The van der Waals surface area contributed by atoms with Crippen molar-refractivity contribution < 1.29 is 22.6 Å². The van der Waals surface area contributed by atoms with Gasteiger partial charge in [0.1, 0.15) is 5.82 Å². The lowest BCUT2D eigenvalue weighted by molar-refractivity contribution is -0.121. The minimum absolute atomic E-state index is 0.00840. The van der Waals surface area contributed by atoms with Crippen LogP contribution in [0.1, 0.15) is 26.7 Å². The number of fused-ring (bicyclic) bond motifs is 1. The molecule has 196 valence electrons. The number of anilines is 1. The zero-order chi connectivity index (χ0) is 27.4. The van der Waals surface area contributed by atoms with Crippen molar-refractivity contribution in [3.8, 4) is 11.4 Å². The lowest BCUT2D eigenvalue weighted by atomic mass is 10.1. The van der Waals surface area contributed by atoms with E-state index >= 15 is 0 Å². The van der Waals surface area contributed by atoms with Gasteiger partial charge in [0.25, 0.3) is 16.0 Å². The molecule has 0 saturated heterocycles. The van der Waals surface area contributed by atoms with Crippen LogP contribution in [0.2, 0.25) is 0 Å². The molecular weight excluding hydrogens is 516 g/mol. The first-order chi connectivity index (χ1) is 18.8. The van der Waals surface area contributed by atoms with Gasteiger partial charge in [-0.1, -0.05) is 66.7 Å². The number of nitrogens with one attached hydrogen (secondary N) is 3. The summed E-state index contributed by atoms with van der Waals surface area (Å²) in [6, 6.07) is 29.3. The zero-order valence-electron chi connectivity index (χ0n) is 20.5. The number of carbonyl (C=O) groups is 2. The second kappa shape index (κ2) is 10.9. The Kier molecular flexibility index (Phi) is 7.22. The first-order valence-electron chi connectivity index (χ1n) is 12.0. The van der Waals surface area contributed by atoms with Gasteiger partial charge < -0.3 is 15.6 Å². The smallest absolute Gasteiger partial charge is 0.281 e. The van der Waals surface area contributed by atoms with E-state index in [-0.39, 0.29) is 18.0 Å². The second-order valence-electron chi connectivity index (χ2n) is 8.82. The van der Waals surface area contributed by atoms with E-state index in [0.29, 0.717) is 22.6 Å². The van der Waals surface area contributed by atoms with Crippen molar-refractivity contribution in [1.29, 1.82) is 0 Å². The molecule has 9 nitrogen and oxygen atoms in total. The van der Waals surface area contributed by atoms with Crippen LogP contribution in [0, 0.1) is 0 Å². The van der Waals surface area contributed by atoms with Crippen molar-refractivity contribution in [2.24, 2.45) is 0 Å². The Balaban J connectivity index is 1.26. The average molecular weight is 541 g/mol. The van der Waals surface area contributed by atoms with Crippen molar-refractivity contribution in [3.05, 3.63) is 120 Å². The molecule has 39 heavy (non-hydrogen) atoms. The molecule has 4 N–H and O–H groups in total. The molecule has 0 spiro atoms. The Morgan fingerprint density at radius 2 is 1.51 bits per heavy atom. The number of rotatable bonds is 8. The van der Waals surface area contributed by atoms with Gasteiger partial charge in [-0.25, -0.2) is 4.98 Å². The topological polar surface area (TPSA) is 141 Å². The van der Waals surface area contributed by atoms with E-state index in [0.717, 1.165) is 16.6 Å². The molecule has 1 aromatic heterocycles. The highest BCUT2D eigenvalue weighted by molar-refractivity contribution is 7.86. The number of aromatic amines is 1. The molecule has 5 rings (SSSR count). The molecule has 2 amide bonds. The van der Waals surface area contributed by atoms with Gasteiger partial charge in [0.15, 0.2) is 5.25 Å². The van der Waals surface area contributed by atoms with Crippen LogP contribution in [-0.2, 0) is 21.5 Å². The van der Waals surface area contributed by atoms with Gasteiger partial charge in [0.2, 0.25) is 5.91 Å². The maximum absolute atomic E-state index is 13.0. The van der Waals surface area contributed by atoms with Gasteiger partial charge in [-0.2, -0.15) is 8.42 Å². The first kappa shape index (κ1) is 25.8. The molecule has 1 unspecified atom stereocenters. The highest BCUT2D eigenvalue weighted by Crippen LogP contribution is 2.28. The SMILES string of the molecule is O=C(Nc1ccccc1-c1nc2ccccc2[nH]1)c1ccc(CNC(=O)C(c2ccccc2)S(=O)(=O)O)cc1. The molecule has 10 heteroatoms. The summed E-state index contributed by atoms with van der Waals surface area (Å²) >= 11 is 0. The van der Waals surface area contributed by atoms with Gasteiger partial charge in [0.05, 0.1) is 16.7 Å². The number of imidazole rings is 1. The van der Waals surface area contributed by atoms with Gasteiger partial charge >= 0.3 is 0 Å². The Morgan fingerprint density at radius 3 is 2.23 bits per heavy atom. The summed E-state index contributed by atoms with van der Waals surface area (Å²) in [6.45, 7) is 0.00840. The molecule has 5 aromatic rings. The summed E-state index contributed by atoms with van der Waals surface area (Å²) in [6.07, 6.45) is 0. The van der Waals surface area contributed by atoms with Gasteiger partial charge in [0, 0.05) is 17.7 Å². The monoisotopic (exact) mass is 540 g/mol. The summed E-state index contributed by atoms with van der Waals surface area (Å²) in [7, 11) is -4.67. The van der Waals surface area contributed by atoms with E-state index in [1.54, 1.807) is 48.5 Å². The van der Waals surface area contributed by atoms with Crippen LogP contribution in [0.5, 0.6) is 0 Å². The van der Waals surface area contributed by atoms with E-state index in [1.807, 2.05) is 42.5 Å². The number of carbonyl (C=O) groups excluding carboxylic acids is 2. The molecular formula is C29H24N4O5S. The molecule has 0 bridgehead atoms. The van der Waals surface area contributed by atoms with E-state index in [2.05, 4.69) is 20.6 Å². The lowest BCUT2D eigenvalue weighted by Gasteiger charge is -2.15. The predicted molar refractivity (Wildman–Crippen MR) is 149 cm³/mol. The highest BCUT2D eigenvalue weighted by Gasteiger charge is 2.32. The minimum atomic E-state index is -4.67. The molecule has 4 aromatic carbocycles. The van der Waals surface area contributed by atoms with Crippen LogP contribution in [0.3, 0.4) is 0 Å². The van der Waals surface area contributed by atoms with Crippen LogP contribution in [0.15, 0.2) is 103 Å². The van der Waals surface area contributed by atoms with Crippen LogP contribution >= 0.6 is 0 Å². The standard InChI is InChI=1S/C29H24N4O5S/c34-28(33-23-11-5-4-10-22(23)27-31-24-12-6-7-13-25(24)32-27)21-16-14-19(15-17-21)18-30-29(35)26(39(36,37)38)20-8-2-1-3-9-20/h1-17,26H,18H2,(H,30,35)(H,31,32)(H,33,34)(H,36,37,38). The van der Waals surface area contributed by atoms with Crippen molar-refractivity contribution in [3.63, 3.8) is 0 Å². The second-order valence-corrected chi connectivity index (χ2v) is 10.3. The number of amides is 2. The van der Waals surface area contributed by atoms with Crippen molar-refractivity contribution in [2.45, 2.75) is 11.8 Å². The number of benzene rings is 4. The number of para-hydroxylation sites is 3. The van der Waals surface area contributed by atoms with E-state index in [1.165, 1.54) is 12.1 Å². The molecule has 0 saturated carbocycles. The number of nitrogens with zero attached hydrogens (tertiary/aromatic N) is 1. The summed E-state index contributed by atoms with van der Waals surface area (Å²) in [5.74, 6) is -0.547. The Morgan fingerprint density at radius 1 is 0.846 bits per heavy atom. The van der Waals surface area contributed by atoms with Crippen LogP contribution < -0.4 is 10.6 Å². The molecule has 0 radical (unpaired) electrons. The third-order valence-corrected chi connectivity index (χ3v) is 7.22. The summed E-state index contributed by atoms with van der Waals surface area (Å²) < 4.78 is 33.3. The quantitative estimate of drug-likeness (QED) is 0.210. The molecule has 1 atom stereocenters. The fraction of sp³-hybridized carbons (Fsp3) is 0.0690. The predicted octanol–water partition coefficient (Wildman–Crippen LogP) is 4.73. The highest BCUT2D eigenvalue weighted by atomic mass is 32.2. The number of hydrogen-bond donors (Lipinski definition) is 4. The molecule has 0 aliphatic rings. The normalized spacial score (nSPS) is 12.1. The number of H-pyrrole nitrogens is 1. The Labute approximate surface area is 224 Å². The Bertz CT molecular complexity index is 1720. The van der Waals surface area contributed by atoms with Crippen molar-refractivity contribution >= 4 is 38.7 Å². The summed E-state index contributed by atoms with van der Waals surface area (Å²) in [5, 5.41) is 3.73. The zero-order valence-corrected chi connectivity index (χ0v) is 21.4. The third-order valence-electron chi connectivity index (χ3n) is 6.14. The average Bonchev–Trinajstić information content (AvgIpc) is 3.37. The van der Waals surface area contributed by atoms with Crippen LogP contribution in [-0.4, -0.2) is 34.8 Å². The first-order valence-corrected chi connectivity index (χ1v) is 13.5. The summed E-state index contributed by atoms with van der Waals surface area (Å²) in [5.41, 5.74) is 4.25. The van der Waals surface area contributed by atoms with Crippen LogP contribution in [0.25, 0.3) is 22.4 Å². The van der Waals surface area contributed by atoms with Crippen molar-refractivity contribution in [2.75, 3.05) is 5.32 Å². The van der Waals surface area contributed by atoms with Gasteiger partial charge in [-0.05, 0) is 47.5 Å². The van der Waals surface area contributed by atoms with Gasteiger partial charge in [-0.15, -0.1) is 0 Å². The summed E-state index contributed by atoms with van der Waals surface area (Å²) in [4.78, 5) is 33.5. The molecule has 1 heterocycles. The Hall–Kier alpha value is -4.80. The van der Waals surface area contributed by atoms with E-state index in [9.17, 15) is 22.6 Å². The molecule has 0 aliphatic heterocycles. The van der Waals surface area contributed by atoms with Crippen molar-refractivity contribution in [1.82, 2.24) is 15.3 Å². The lowest BCUT2D eigenvalue weighted by Crippen LogP contribution is -2.33. The number of aromatic nitrogens is 2. The maximum atomic E-state index is 13.0. The largest absolute Gasteiger partial charge is 0.351 e. The fourth-order valence-corrected chi connectivity index (χ4v) is 5.07. The molecule has 0 fully saturated rings. The van der Waals surface area contributed by atoms with E-state index < -0.39 is 21.3 Å².